The minimum Gasteiger partial charge on any atom is -0.495 e. The molecule has 1 heterocycles. The Morgan fingerprint density at radius 1 is 1.15 bits per heavy atom. The summed E-state index contributed by atoms with van der Waals surface area (Å²) in [5.41, 5.74) is 0.755. The van der Waals surface area contributed by atoms with Crippen LogP contribution in [-0.2, 0) is 4.79 Å². The summed E-state index contributed by atoms with van der Waals surface area (Å²) in [4.78, 5) is 27.6. The Morgan fingerprint density at radius 2 is 1.92 bits per heavy atom. The molecule has 0 unspecified atom stereocenters. The highest BCUT2D eigenvalue weighted by atomic mass is 19.2. The van der Waals surface area contributed by atoms with Crippen molar-refractivity contribution in [1.29, 1.82) is 0 Å². The van der Waals surface area contributed by atoms with Gasteiger partial charge < -0.3 is 15.0 Å². The van der Waals surface area contributed by atoms with Gasteiger partial charge in [-0.3, -0.25) is 9.69 Å². The highest BCUT2D eigenvalue weighted by Gasteiger charge is 2.32. The van der Waals surface area contributed by atoms with Gasteiger partial charge in [-0.15, -0.1) is 0 Å². The monoisotopic (exact) mass is 361 g/mol. The molecule has 8 heteroatoms. The Balaban J connectivity index is 1.65. The summed E-state index contributed by atoms with van der Waals surface area (Å²) in [5.74, 6) is -1.98. The summed E-state index contributed by atoms with van der Waals surface area (Å²) >= 11 is 0. The van der Waals surface area contributed by atoms with E-state index in [0.717, 1.165) is 12.1 Å². The van der Waals surface area contributed by atoms with Gasteiger partial charge in [0.15, 0.2) is 11.6 Å². The quantitative estimate of drug-likeness (QED) is 0.891. The number of halogens is 2. The number of para-hydroxylation sites is 2. The van der Waals surface area contributed by atoms with Crippen molar-refractivity contribution in [3.8, 4) is 5.75 Å². The van der Waals surface area contributed by atoms with E-state index in [2.05, 4.69) is 5.32 Å². The predicted octanol–water partition coefficient (Wildman–Crippen LogP) is 2.85. The molecule has 6 nitrogen and oxygen atoms in total. The smallest absolute Gasteiger partial charge is 0.325 e. The zero-order valence-electron chi connectivity index (χ0n) is 14.0. The lowest BCUT2D eigenvalue weighted by Crippen LogP contribution is -2.37. The Kier molecular flexibility index (Phi) is 5.01. The Bertz CT molecular complexity index is 844. The van der Waals surface area contributed by atoms with Crippen LogP contribution in [0.1, 0.15) is 0 Å². The normalized spacial score (nSPS) is 13.9. The fraction of sp³-hybridized carbons (Fsp3) is 0.222. The van der Waals surface area contributed by atoms with E-state index in [1.165, 1.54) is 23.0 Å². The summed E-state index contributed by atoms with van der Waals surface area (Å²) in [7, 11) is 1.52. The molecule has 2 aromatic rings. The largest absolute Gasteiger partial charge is 0.495 e. The van der Waals surface area contributed by atoms with Gasteiger partial charge in [0.25, 0.3) is 0 Å². The van der Waals surface area contributed by atoms with Crippen LogP contribution in [0.5, 0.6) is 5.75 Å². The molecule has 26 heavy (non-hydrogen) atoms. The number of nitrogens with one attached hydrogen (secondary N) is 1. The van der Waals surface area contributed by atoms with Crippen LogP contribution in [0.4, 0.5) is 25.0 Å². The summed E-state index contributed by atoms with van der Waals surface area (Å²) in [6, 6.07) is 9.86. The van der Waals surface area contributed by atoms with Crippen LogP contribution in [-0.4, -0.2) is 43.6 Å². The number of urea groups is 1. The lowest BCUT2D eigenvalue weighted by atomic mass is 10.2. The fourth-order valence-corrected chi connectivity index (χ4v) is 2.75. The first-order chi connectivity index (χ1) is 12.5. The van der Waals surface area contributed by atoms with E-state index < -0.39 is 17.5 Å². The maximum Gasteiger partial charge on any atom is 0.325 e. The van der Waals surface area contributed by atoms with E-state index in [1.54, 1.807) is 24.3 Å². The molecule has 0 radical (unpaired) electrons. The van der Waals surface area contributed by atoms with Gasteiger partial charge in [-0.25, -0.2) is 13.6 Å². The van der Waals surface area contributed by atoms with Crippen molar-refractivity contribution in [2.24, 2.45) is 0 Å². The molecule has 1 fully saturated rings. The van der Waals surface area contributed by atoms with Gasteiger partial charge in [0.1, 0.15) is 12.3 Å². The van der Waals surface area contributed by atoms with Gasteiger partial charge in [-0.2, -0.15) is 0 Å². The number of ether oxygens (including phenoxy) is 1. The van der Waals surface area contributed by atoms with Gasteiger partial charge in [-0.05, 0) is 24.3 Å². The van der Waals surface area contributed by atoms with Crippen molar-refractivity contribution in [2.45, 2.75) is 0 Å². The van der Waals surface area contributed by atoms with E-state index in [9.17, 15) is 18.4 Å². The zero-order chi connectivity index (χ0) is 18.7. The van der Waals surface area contributed by atoms with Gasteiger partial charge >= 0.3 is 6.03 Å². The molecule has 3 rings (SSSR count). The lowest BCUT2D eigenvalue weighted by molar-refractivity contribution is -0.116. The third-order valence-electron chi connectivity index (χ3n) is 4.01. The summed E-state index contributed by atoms with van der Waals surface area (Å²) in [6.07, 6.45) is 0. The van der Waals surface area contributed by atoms with Crippen molar-refractivity contribution in [1.82, 2.24) is 4.90 Å². The number of hydrogen-bond donors (Lipinski definition) is 1. The third kappa shape index (κ3) is 3.58. The van der Waals surface area contributed by atoms with Crippen molar-refractivity contribution in [3.63, 3.8) is 0 Å². The van der Waals surface area contributed by atoms with Gasteiger partial charge in [0, 0.05) is 24.8 Å². The molecule has 0 spiro atoms. The van der Waals surface area contributed by atoms with Gasteiger partial charge in [0.2, 0.25) is 5.91 Å². The fourth-order valence-electron chi connectivity index (χ4n) is 2.75. The molecule has 3 amide bonds. The van der Waals surface area contributed by atoms with E-state index in [4.69, 9.17) is 4.74 Å². The molecule has 1 N–H and O–H groups in total. The maximum absolute atomic E-state index is 13.2. The zero-order valence-corrected chi connectivity index (χ0v) is 14.0. The SMILES string of the molecule is COc1ccccc1N1CCN(CC(=O)Nc2ccc(F)c(F)c2)C1=O. The number of carbonyl (C=O) groups is 2. The Morgan fingerprint density at radius 3 is 2.65 bits per heavy atom. The lowest BCUT2D eigenvalue weighted by Gasteiger charge is -2.20. The number of amides is 3. The third-order valence-corrected chi connectivity index (χ3v) is 4.01. The van der Waals surface area contributed by atoms with Gasteiger partial charge in [0.05, 0.1) is 12.8 Å². The topological polar surface area (TPSA) is 61.9 Å². The van der Waals surface area contributed by atoms with Crippen LogP contribution >= 0.6 is 0 Å². The van der Waals surface area contributed by atoms with Crippen LogP contribution in [0.2, 0.25) is 0 Å². The van der Waals surface area contributed by atoms with Crippen LogP contribution in [0, 0.1) is 11.6 Å². The summed E-state index contributed by atoms with van der Waals surface area (Å²) in [6.45, 7) is 0.587. The number of benzene rings is 2. The van der Waals surface area contributed by atoms with E-state index in [-0.39, 0.29) is 18.3 Å². The van der Waals surface area contributed by atoms with E-state index in [0.29, 0.717) is 24.5 Å². The second kappa shape index (κ2) is 7.38. The molecule has 0 saturated carbocycles. The van der Waals surface area contributed by atoms with Crippen molar-refractivity contribution < 1.29 is 23.1 Å². The van der Waals surface area contributed by atoms with Crippen LogP contribution in [0.15, 0.2) is 42.5 Å². The highest BCUT2D eigenvalue weighted by molar-refractivity contribution is 6.00. The molecule has 1 aliphatic heterocycles. The standard InChI is InChI=1S/C18H17F2N3O3/c1-26-16-5-3-2-4-15(16)23-9-8-22(18(23)25)11-17(24)21-12-6-7-13(19)14(20)10-12/h2-7,10H,8-9,11H2,1H3,(H,21,24). The molecule has 1 saturated heterocycles. The first kappa shape index (κ1) is 17.7. The second-order valence-corrected chi connectivity index (χ2v) is 5.70. The average molecular weight is 361 g/mol. The van der Waals surface area contributed by atoms with Crippen molar-refractivity contribution in [3.05, 3.63) is 54.1 Å². The van der Waals surface area contributed by atoms with Crippen LogP contribution < -0.4 is 15.0 Å². The molecule has 0 aromatic heterocycles. The second-order valence-electron chi connectivity index (χ2n) is 5.70. The number of nitrogens with zero attached hydrogens (tertiary/aromatic N) is 2. The number of carbonyl (C=O) groups excluding carboxylic acids is 2. The molecule has 0 bridgehead atoms. The van der Waals surface area contributed by atoms with Crippen LogP contribution in [0.25, 0.3) is 0 Å². The van der Waals surface area contributed by atoms with Crippen LogP contribution in [0.3, 0.4) is 0 Å². The first-order valence-electron chi connectivity index (χ1n) is 7.94. The molecule has 0 atom stereocenters. The number of hydrogen-bond acceptors (Lipinski definition) is 3. The molecule has 136 valence electrons. The number of anilines is 2. The van der Waals surface area contributed by atoms with Crippen molar-refractivity contribution in [2.75, 3.05) is 37.0 Å². The Hall–Kier alpha value is -3.16. The maximum atomic E-state index is 13.2. The molecular formula is C18H17F2N3O3. The minimum atomic E-state index is -1.05. The highest BCUT2D eigenvalue weighted by Crippen LogP contribution is 2.30. The number of methoxy groups -OCH3 is 1. The van der Waals surface area contributed by atoms with E-state index in [1.807, 2.05) is 0 Å². The predicted molar refractivity (Wildman–Crippen MR) is 92.3 cm³/mol. The van der Waals surface area contributed by atoms with E-state index >= 15 is 0 Å². The summed E-state index contributed by atoms with van der Waals surface area (Å²) in [5, 5.41) is 2.45. The minimum absolute atomic E-state index is 0.127. The summed E-state index contributed by atoms with van der Waals surface area (Å²) < 4.78 is 31.4. The average Bonchev–Trinajstić information content (AvgIpc) is 2.98. The molecule has 2 aromatic carbocycles. The molecular weight excluding hydrogens is 344 g/mol. The first-order valence-corrected chi connectivity index (χ1v) is 7.94. The molecule has 0 aliphatic carbocycles. The number of rotatable bonds is 5. The molecule has 1 aliphatic rings. The van der Waals surface area contributed by atoms with Crippen molar-refractivity contribution >= 4 is 23.3 Å². The van der Waals surface area contributed by atoms with Gasteiger partial charge in [-0.1, -0.05) is 12.1 Å². The Labute approximate surface area is 149 Å².